The van der Waals surface area contributed by atoms with Crippen LogP contribution in [0.2, 0.25) is 0 Å². The Labute approximate surface area is 128 Å². The lowest BCUT2D eigenvalue weighted by atomic mass is 10.2. The molecule has 0 bridgehead atoms. The molecule has 1 aliphatic carbocycles. The third-order valence-electron chi connectivity index (χ3n) is 4.39. The number of nitrogens with one attached hydrogen (secondary N) is 1. The Hall–Kier alpha value is -0.390. The van der Waals surface area contributed by atoms with Crippen molar-refractivity contribution in [1.82, 2.24) is 15.1 Å². The normalized spacial score (nSPS) is 21.4. The topological polar surface area (TPSA) is 27.7 Å². The third-order valence-corrected chi connectivity index (χ3v) is 4.79. The van der Waals surface area contributed by atoms with E-state index in [-0.39, 0.29) is 0 Å². The van der Waals surface area contributed by atoms with E-state index in [1.54, 1.807) is 0 Å². The van der Waals surface area contributed by atoms with Crippen molar-refractivity contribution in [2.24, 2.45) is 0 Å². The molecule has 0 spiro atoms. The molecule has 0 atom stereocenters. The van der Waals surface area contributed by atoms with Crippen LogP contribution in [0.25, 0.3) is 0 Å². The first-order valence-electron chi connectivity index (χ1n) is 8.16. The van der Waals surface area contributed by atoms with E-state index < -0.39 is 0 Å². The molecule has 0 aromatic rings. The van der Waals surface area contributed by atoms with Crippen molar-refractivity contribution < 1.29 is 4.74 Å². The molecule has 1 N–H and O–H groups in total. The van der Waals surface area contributed by atoms with E-state index in [4.69, 9.17) is 17.0 Å². The molecule has 20 heavy (non-hydrogen) atoms. The first kappa shape index (κ1) is 16.0. The lowest BCUT2D eigenvalue weighted by molar-refractivity contribution is 0.132. The van der Waals surface area contributed by atoms with E-state index in [1.165, 1.54) is 38.8 Å². The number of ether oxygens (including phenoxy) is 1. The SMILES string of the molecule is CCOCCCNC(=S)N1CCN(C2CCCC2)CC1. The first-order valence-corrected chi connectivity index (χ1v) is 8.56. The van der Waals surface area contributed by atoms with Gasteiger partial charge >= 0.3 is 0 Å². The molecule has 0 unspecified atom stereocenters. The Kier molecular flexibility index (Phi) is 7.03. The molecule has 5 heteroatoms. The molecule has 116 valence electrons. The lowest BCUT2D eigenvalue weighted by Gasteiger charge is -2.39. The molecule has 1 saturated heterocycles. The van der Waals surface area contributed by atoms with Crippen molar-refractivity contribution >= 4 is 17.3 Å². The van der Waals surface area contributed by atoms with Crippen LogP contribution in [0.4, 0.5) is 0 Å². The maximum absolute atomic E-state index is 5.48. The first-order chi connectivity index (χ1) is 9.81. The second-order valence-corrected chi connectivity index (χ2v) is 6.13. The molecule has 1 saturated carbocycles. The highest BCUT2D eigenvalue weighted by molar-refractivity contribution is 7.80. The number of hydrogen-bond donors (Lipinski definition) is 1. The number of hydrogen-bond acceptors (Lipinski definition) is 3. The summed E-state index contributed by atoms with van der Waals surface area (Å²) in [4.78, 5) is 4.99. The largest absolute Gasteiger partial charge is 0.382 e. The molecule has 1 aliphatic heterocycles. The van der Waals surface area contributed by atoms with Crippen LogP contribution in [-0.4, -0.2) is 66.9 Å². The number of nitrogens with zero attached hydrogens (tertiary/aromatic N) is 2. The van der Waals surface area contributed by atoms with Crippen molar-refractivity contribution in [3.8, 4) is 0 Å². The van der Waals surface area contributed by atoms with Gasteiger partial charge in [-0.15, -0.1) is 0 Å². The number of piperazine rings is 1. The van der Waals surface area contributed by atoms with Crippen molar-refractivity contribution in [3.63, 3.8) is 0 Å². The Balaban J connectivity index is 1.59. The summed E-state index contributed by atoms with van der Waals surface area (Å²) in [5.41, 5.74) is 0. The van der Waals surface area contributed by atoms with Crippen LogP contribution in [0.15, 0.2) is 0 Å². The second kappa shape index (κ2) is 8.80. The lowest BCUT2D eigenvalue weighted by Crippen LogP contribution is -2.53. The third kappa shape index (κ3) is 4.86. The predicted molar refractivity (Wildman–Crippen MR) is 87.1 cm³/mol. The highest BCUT2D eigenvalue weighted by Crippen LogP contribution is 2.24. The average molecular weight is 299 g/mol. The molecule has 0 aromatic heterocycles. The minimum Gasteiger partial charge on any atom is -0.382 e. The van der Waals surface area contributed by atoms with Gasteiger partial charge in [-0.1, -0.05) is 12.8 Å². The van der Waals surface area contributed by atoms with Crippen LogP contribution >= 0.6 is 12.2 Å². The van der Waals surface area contributed by atoms with E-state index in [0.29, 0.717) is 0 Å². The van der Waals surface area contributed by atoms with Gasteiger partial charge in [-0.3, -0.25) is 4.90 Å². The van der Waals surface area contributed by atoms with Gasteiger partial charge in [0, 0.05) is 52.0 Å². The molecule has 2 rings (SSSR count). The summed E-state index contributed by atoms with van der Waals surface area (Å²) >= 11 is 5.48. The van der Waals surface area contributed by atoms with Gasteiger partial charge in [-0.2, -0.15) is 0 Å². The zero-order valence-electron chi connectivity index (χ0n) is 12.8. The van der Waals surface area contributed by atoms with E-state index in [0.717, 1.165) is 50.4 Å². The Morgan fingerprint density at radius 3 is 2.55 bits per heavy atom. The molecule has 0 aromatic carbocycles. The van der Waals surface area contributed by atoms with Crippen LogP contribution in [-0.2, 0) is 4.74 Å². The molecule has 0 radical (unpaired) electrons. The van der Waals surface area contributed by atoms with Crippen molar-refractivity contribution in [2.75, 3.05) is 45.9 Å². The van der Waals surface area contributed by atoms with Gasteiger partial charge in [0.15, 0.2) is 5.11 Å². The van der Waals surface area contributed by atoms with Gasteiger partial charge in [0.25, 0.3) is 0 Å². The van der Waals surface area contributed by atoms with Crippen molar-refractivity contribution in [2.45, 2.75) is 45.1 Å². The van der Waals surface area contributed by atoms with Gasteiger partial charge in [-0.25, -0.2) is 0 Å². The summed E-state index contributed by atoms with van der Waals surface area (Å²) in [6.45, 7) is 9.07. The fourth-order valence-corrected chi connectivity index (χ4v) is 3.47. The quantitative estimate of drug-likeness (QED) is 0.597. The fraction of sp³-hybridized carbons (Fsp3) is 0.933. The monoisotopic (exact) mass is 299 g/mol. The van der Waals surface area contributed by atoms with Crippen LogP contribution in [0.5, 0.6) is 0 Å². The molecule has 4 nitrogen and oxygen atoms in total. The highest BCUT2D eigenvalue weighted by Gasteiger charge is 2.26. The average Bonchev–Trinajstić information content (AvgIpc) is 3.01. The van der Waals surface area contributed by atoms with Crippen LogP contribution in [0.3, 0.4) is 0 Å². The summed E-state index contributed by atoms with van der Waals surface area (Å²) in [7, 11) is 0. The zero-order chi connectivity index (χ0) is 14.2. The maximum atomic E-state index is 5.48. The summed E-state index contributed by atoms with van der Waals surface area (Å²) in [5, 5.41) is 4.28. The van der Waals surface area contributed by atoms with E-state index >= 15 is 0 Å². The molecular formula is C15H29N3OS. The zero-order valence-corrected chi connectivity index (χ0v) is 13.6. The Bertz CT molecular complexity index is 287. The number of thiocarbonyl (C=S) groups is 1. The van der Waals surface area contributed by atoms with Crippen LogP contribution < -0.4 is 5.32 Å². The van der Waals surface area contributed by atoms with Gasteiger partial charge in [0.2, 0.25) is 0 Å². The summed E-state index contributed by atoms with van der Waals surface area (Å²) in [6.07, 6.45) is 6.67. The Morgan fingerprint density at radius 2 is 1.90 bits per heavy atom. The van der Waals surface area contributed by atoms with Gasteiger partial charge < -0.3 is 15.0 Å². The highest BCUT2D eigenvalue weighted by atomic mass is 32.1. The molecule has 1 heterocycles. The predicted octanol–water partition coefficient (Wildman–Crippen LogP) is 1.85. The minimum atomic E-state index is 0.799. The van der Waals surface area contributed by atoms with E-state index in [9.17, 15) is 0 Å². The number of rotatable bonds is 6. The van der Waals surface area contributed by atoms with Crippen LogP contribution in [0.1, 0.15) is 39.0 Å². The second-order valence-electron chi connectivity index (χ2n) is 5.74. The molecule has 2 fully saturated rings. The summed E-state index contributed by atoms with van der Waals surface area (Å²) in [6, 6.07) is 0.852. The molecule has 0 amide bonds. The Morgan fingerprint density at radius 1 is 1.20 bits per heavy atom. The summed E-state index contributed by atoms with van der Waals surface area (Å²) in [5.74, 6) is 0. The van der Waals surface area contributed by atoms with Gasteiger partial charge in [0.05, 0.1) is 0 Å². The smallest absolute Gasteiger partial charge is 0.169 e. The van der Waals surface area contributed by atoms with Crippen molar-refractivity contribution in [3.05, 3.63) is 0 Å². The van der Waals surface area contributed by atoms with E-state index in [2.05, 4.69) is 15.1 Å². The van der Waals surface area contributed by atoms with Gasteiger partial charge in [-0.05, 0) is 38.4 Å². The standard InChI is InChI=1S/C15H29N3OS/c1-2-19-13-5-8-16-15(20)18-11-9-17(10-12-18)14-6-3-4-7-14/h14H,2-13H2,1H3,(H,16,20). The van der Waals surface area contributed by atoms with Gasteiger partial charge in [0.1, 0.15) is 0 Å². The van der Waals surface area contributed by atoms with E-state index in [1.807, 2.05) is 6.92 Å². The van der Waals surface area contributed by atoms with Crippen molar-refractivity contribution in [1.29, 1.82) is 0 Å². The molecule has 2 aliphatic rings. The summed E-state index contributed by atoms with van der Waals surface area (Å²) < 4.78 is 5.33. The maximum Gasteiger partial charge on any atom is 0.169 e. The van der Waals surface area contributed by atoms with Crippen LogP contribution in [0, 0.1) is 0 Å². The fourth-order valence-electron chi connectivity index (χ4n) is 3.19. The minimum absolute atomic E-state index is 0.799. The molecular weight excluding hydrogens is 270 g/mol.